The third-order valence-electron chi connectivity index (χ3n) is 7.62. The van der Waals surface area contributed by atoms with Gasteiger partial charge in [0.05, 0.1) is 5.71 Å². The highest BCUT2D eigenvalue weighted by atomic mass is 16.1. The van der Waals surface area contributed by atoms with Crippen molar-refractivity contribution in [3.8, 4) is 0 Å². The molecular weight excluding hydrogens is 466 g/mol. The molecule has 1 atom stereocenters. The van der Waals surface area contributed by atoms with E-state index >= 15 is 0 Å². The normalized spacial score (nSPS) is 16.4. The predicted molar refractivity (Wildman–Crippen MR) is 159 cm³/mol. The van der Waals surface area contributed by atoms with Crippen LogP contribution < -0.4 is 0 Å². The van der Waals surface area contributed by atoms with E-state index in [0.29, 0.717) is 17.9 Å². The second-order valence-electron chi connectivity index (χ2n) is 11.0. The Hall–Kier alpha value is -3.24. The van der Waals surface area contributed by atoms with Gasteiger partial charge >= 0.3 is 0 Å². The zero-order chi connectivity index (χ0) is 26.7. The van der Waals surface area contributed by atoms with Gasteiger partial charge in [-0.1, -0.05) is 83.9 Å². The molecule has 0 N–H and O–H groups in total. The smallest absolute Gasteiger partial charge is 0.150 e. The molecule has 0 saturated carbocycles. The average Bonchev–Trinajstić information content (AvgIpc) is 2.93. The number of hydrogen-bond donors (Lipinski definition) is 0. The fourth-order valence-electron chi connectivity index (χ4n) is 5.49. The van der Waals surface area contributed by atoms with Crippen molar-refractivity contribution in [3.63, 3.8) is 0 Å². The van der Waals surface area contributed by atoms with E-state index in [2.05, 4.69) is 79.3 Å². The van der Waals surface area contributed by atoms with Crippen LogP contribution in [-0.2, 0) is 12.8 Å². The van der Waals surface area contributed by atoms with Crippen molar-refractivity contribution in [2.75, 3.05) is 33.2 Å². The van der Waals surface area contributed by atoms with Crippen LogP contribution in [0.15, 0.2) is 77.9 Å². The molecule has 3 aromatic carbocycles. The van der Waals surface area contributed by atoms with Crippen molar-refractivity contribution in [3.05, 3.63) is 106 Å². The van der Waals surface area contributed by atoms with Crippen LogP contribution in [0.3, 0.4) is 0 Å². The Morgan fingerprint density at radius 1 is 0.947 bits per heavy atom. The fraction of sp³-hybridized carbons (Fsp3) is 0.412. The number of hydrazone groups is 1. The van der Waals surface area contributed by atoms with Gasteiger partial charge in [-0.2, -0.15) is 5.10 Å². The Morgan fingerprint density at radius 3 is 2.34 bits per heavy atom. The number of hydrogen-bond acceptors (Lipinski definition) is 4. The molecule has 0 aliphatic carbocycles. The molecule has 1 aliphatic rings. The summed E-state index contributed by atoms with van der Waals surface area (Å²) in [5.41, 5.74) is 7.80. The highest BCUT2D eigenvalue weighted by molar-refractivity contribution is 6.07. The van der Waals surface area contributed by atoms with Gasteiger partial charge in [-0.05, 0) is 76.1 Å². The molecule has 1 aliphatic heterocycles. The van der Waals surface area contributed by atoms with Gasteiger partial charge in [-0.3, -0.25) is 9.80 Å². The van der Waals surface area contributed by atoms with E-state index in [4.69, 9.17) is 5.10 Å². The molecule has 0 amide bonds. The predicted octanol–water partition coefficient (Wildman–Crippen LogP) is 6.73. The number of carbonyl (C=O) groups excluding carboxylic acids is 1. The standard InChI is InChI=1S/C34H43N3O/c1-27-13-17-29(18-14-27)9-6-7-21-37-22-8-10-31(25-37)24-36(3)35-34(23-30-19-15-28(2)16-20-30)33-12-5-4-11-32(33)26-38/h4-5,11-20,26,31H,6-10,21-25H2,1-3H3/b35-34-/t31-/m1/s1. The van der Waals surface area contributed by atoms with Crippen LogP contribution in [-0.4, -0.2) is 55.1 Å². The van der Waals surface area contributed by atoms with Crippen LogP contribution in [0.2, 0.25) is 0 Å². The molecule has 38 heavy (non-hydrogen) atoms. The first-order chi connectivity index (χ1) is 18.5. The number of benzene rings is 3. The van der Waals surface area contributed by atoms with Gasteiger partial charge in [0.1, 0.15) is 0 Å². The van der Waals surface area contributed by atoms with Crippen LogP contribution in [0, 0.1) is 19.8 Å². The summed E-state index contributed by atoms with van der Waals surface area (Å²) in [6, 6.07) is 25.4. The summed E-state index contributed by atoms with van der Waals surface area (Å²) in [6.45, 7) is 8.71. The maximum absolute atomic E-state index is 11.8. The molecule has 200 valence electrons. The molecular formula is C34H43N3O. The van der Waals surface area contributed by atoms with Crippen molar-refractivity contribution in [2.45, 2.75) is 52.4 Å². The molecule has 4 rings (SSSR count). The molecule has 0 bridgehead atoms. The summed E-state index contributed by atoms with van der Waals surface area (Å²) in [4.78, 5) is 14.4. The summed E-state index contributed by atoms with van der Waals surface area (Å²) < 4.78 is 0. The average molecular weight is 510 g/mol. The maximum atomic E-state index is 11.8. The molecule has 0 aromatic heterocycles. The first-order valence-corrected chi connectivity index (χ1v) is 14.2. The fourth-order valence-corrected chi connectivity index (χ4v) is 5.49. The van der Waals surface area contributed by atoms with Gasteiger partial charge < -0.3 is 4.90 Å². The number of carbonyl (C=O) groups is 1. The Kier molecular flexibility index (Phi) is 10.3. The van der Waals surface area contributed by atoms with Crippen LogP contribution in [0.4, 0.5) is 0 Å². The number of rotatable bonds is 12. The van der Waals surface area contributed by atoms with Crippen molar-refractivity contribution in [1.29, 1.82) is 0 Å². The Balaban J connectivity index is 1.35. The first-order valence-electron chi connectivity index (χ1n) is 14.2. The maximum Gasteiger partial charge on any atom is 0.150 e. The minimum atomic E-state index is 0.608. The molecule has 1 fully saturated rings. The number of unbranched alkanes of at least 4 members (excludes halogenated alkanes) is 1. The quantitative estimate of drug-likeness (QED) is 0.118. The molecule has 0 unspecified atom stereocenters. The highest BCUT2D eigenvalue weighted by Crippen LogP contribution is 2.20. The van der Waals surface area contributed by atoms with Crippen molar-refractivity contribution < 1.29 is 4.79 Å². The van der Waals surface area contributed by atoms with Gasteiger partial charge in [0.15, 0.2) is 6.29 Å². The van der Waals surface area contributed by atoms with Crippen molar-refractivity contribution in [2.24, 2.45) is 11.0 Å². The largest absolute Gasteiger partial charge is 0.303 e. The molecule has 1 heterocycles. The number of aldehydes is 1. The third-order valence-corrected chi connectivity index (χ3v) is 7.62. The lowest BCUT2D eigenvalue weighted by Crippen LogP contribution is -2.39. The first kappa shape index (κ1) is 27.8. The monoisotopic (exact) mass is 509 g/mol. The summed E-state index contributed by atoms with van der Waals surface area (Å²) in [6.07, 6.45) is 7.80. The molecule has 0 spiro atoms. The van der Waals surface area contributed by atoms with E-state index in [0.717, 1.165) is 30.7 Å². The van der Waals surface area contributed by atoms with E-state index in [1.807, 2.05) is 24.3 Å². The summed E-state index contributed by atoms with van der Waals surface area (Å²) in [5.74, 6) is 0.608. The molecule has 4 nitrogen and oxygen atoms in total. The van der Waals surface area contributed by atoms with Crippen molar-refractivity contribution in [1.82, 2.24) is 9.91 Å². The lowest BCUT2D eigenvalue weighted by atomic mass is 9.97. The number of likely N-dealkylation sites (tertiary alicyclic amines) is 1. The van der Waals surface area contributed by atoms with E-state index in [1.54, 1.807) is 0 Å². The molecule has 4 heteroatoms. The second kappa shape index (κ2) is 14.1. The van der Waals surface area contributed by atoms with Crippen LogP contribution in [0.5, 0.6) is 0 Å². The van der Waals surface area contributed by atoms with Crippen LogP contribution in [0.1, 0.15) is 63.9 Å². The minimum absolute atomic E-state index is 0.608. The van der Waals surface area contributed by atoms with Crippen molar-refractivity contribution >= 4 is 12.0 Å². The minimum Gasteiger partial charge on any atom is -0.303 e. The summed E-state index contributed by atoms with van der Waals surface area (Å²) in [7, 11) is 2.08. The third kappa shape index (κ3) is 8.39. The van der Waals surface area contributed by atoms with Crippen LogP contribution >= 0.6 is 0 Å². The van der Waals surface area contributed by atoms with Crippen LogP contribution in [0.25, 0.3) is 0 Å². The van der Waals surface area contributed by atoms with Gasteiger partial charge in [0.2, 0.25) is 0 Å². The molecule has 3 aromatic rings. The van der Waals surface area contributed by atoms with E-state index in [1.165, 1.54) is 67.4 Å². The Morgan fingerprint density at radius 2 is 1.63 bits per heavy atom. The molecule has 0 radical (unpaired) electrons. The Bertz CT molecular complexity index is 1180. The van der Waals surface area contributed by atoms with Gasteiger partial charge in [-0.15, -0.1) is 0 Å². The van der Waals surface area contributed by atoms with E-state index in [9.17, 15) is 4.79 Å². The zero-order valence-electron chi connectivity index (χ0n) is 23.4. The number of aryl methyl sites for hydroxylation is 3. The Labute approximate surface area is 229 Å². The number of nitrogens with zero attached hydrogens (tertiary/aromatic N) is 3. The summed E-state index contributed by atoms with van der Waals surface area (Å²) >= 11 is 0. The van der Waals surface area contributed by atoms with E-state index < -0.39 is 0 Å². The number of piperidine rings is 1. The van der Waals surface area contributed by atoms with Gasteiger partial charge in [0.25, 0.3) is 0 Å². The molecule has 1 saturated heterocycles. The second-order valence-corrected chi connectivity index (χ2v) is 11.0. The van der Waals surface area contributed by atoms with E-state index in [-0.39, 0.29) is 0 Å². The van der Waals surface area contributed by atoms with Gasteiger partial charge in [-0.25, -0.2) is 0 Å². The summed E-state index contributed by atoms with van der Waals surface area (Å²) in [5, 5.41) is 7.19. The highest BCUT2D eigenvalue weighted by Gasteiger charge is 2.21. The lowest BCUT2D eigenvalue weighted by molar-refractivity contribution is 0.112. The SMILES string of the molecule is Cc1ccc(CCCCN2CCC[C@H](CN(C)/N=C(/Cc3ccc(C)cc3)c3ccccc3C=O)C2)cc1. The topological polar surface area (TPSA) is 35.9 Å². The zero-order valence-corrected chi connectivity index (χ0v) is 23.4. The van der Waals surface area contributed by atoms with Gasteiger partial charge in [0, 0.05) is 37.7 Å². The lowest BCUT2D eigenvalue weighted by Gasteiger charge is -2.34.